The number of aryl methyl sites for hydroxylation is 1. The lowest BCUT2D eigenvalue weighted by Crippen LogP contribution is -2.23. The minimum atomic E-state index is -4.42. The van der Waals surface area contributed by atoms with Gasteiger partial charge in [-0.2, -0.15) is 13.2 Å². The summed E-state index contributed by atoms with van der Waals surface area (Å²) in [7, 11) is 0. The third-order valence-corrected chi connectivity index (χ3v) is 3.73. The number of aromatic nitrogens is 3. The van der Waals surface area contributed by atoms with E-state index < -0.39 is 17.6 Å². The van der Waals surface area contributed by atoms with Crippen molar-refractivity contribution in [3.63, 3.8) is 0 Å². The van der Waals surface area contributed by atoms with Crippen molar-refractivity contribution in [2.24, 2.45) is 0 Å². The van der Waals surface area contributed by atoms with E-state index in [1.54, 1.807) is 0 Å². The lowest BCUT2D eigenvalue weighted by atomic mass is 10.1. The number of nitrogens with one attached hydrogen (secondary N) is 1. The van der Waals surface area contributed by atoms with Gasteiger partial charge in [0.15, 0.2) is 5.69 Å². The van der Waals surface area contributed by atoms with Crippen LogP contribution in [-0.2, 0) is 12.7 Å². The number of carbonyl (C=O) groups excluding carboxylic acids is 1. The lowest BCUT2D eigenvalue weighted by molar-refractivity contribution is -0.137. The minimum Gasteiger partial charge on any atom is -0.347 e. The zero-order valence-electron chi connectivity index (χ0n) is 13.8. The van der Waals surface area contributed by atoms with Gasteiger partial charge in [-0.15, -0.1) is 5.10 Å². The zero-order chi connectivity index (χ0) is 18.7. The molecule has 0 spiro atoms. The largest absolute Gasteiger partial charge is 0.416 e. The second-order valence-corrected chi connectivity index (χ2v) is 5.76. The molecular weight excluding hydrogens is 345 g/mol. The number of amides is 1. The molecule has 1 aromatic heterocycles. The molecule has 134 valence electrons. The van der Waals surface area contributed by atoms with Gasteiger partial charge in [-0.05, 0) is 36.8 Å². The normalized spacial score (nSPS) is 11.4. The summed E-state index contributed by atoms with van der Waals surface area (Å²) in [5.74, 6) is -0.513. The molecule has 0 atom stereocenters. The highest BCUT2D eigenvalue weighted by atomic mass is 19.4. The molecule has 0 aliphatic carbocycles. The molecule has 1 amide bonds. The van der Waals surface area contributed by atoms with Crippen LogP contribution in [0.5, 0.6) is 0 Å². The highest BCUT2D eigenvalue weighted by Gasteiger charge is 2.30. The van der Waals surface area contributed by atoms with Crippen molar-refractivity contribution in [2.75, 3.05) is 0 Å². The number of hydrogen-bond acceptors (Lipinski definition) is 3. The predicted molar refractivity (Wildman–Crippen MR) is 88.7 cm³/mol. The summed E-state index contributed by atoms with van der Waals surface area (Å²) >= 11 is 0. The summed E-state index contributed by atoms with van der Waals surface area (Å²) in [5.41, 5.74) is 1.51. The summed E-state index contributed by atoms with van der Waals surface area (Å²) in [4.78, 5) is 12.1. The van der Waals surface area contributed by atoms with Crippen molar-refractivity contribution in [1.82, 2.24) is 20.3 Å². The molecule has 0 radical (unpaired) electrons. The monoisotopic (exact) mass is 360 g/mol. The number of halogens is 3. The number of alkyl halides is 3. The summed E-state index contributed by atoms with van der Waals surface area (Å²) < 4.78 is 39.6. The molecule has 0 unspecified atom stereocenters. The van der Waals surface area contributed by atoms with Gasteiger partial charge >= 0.3 is 6.18 Å². The third-order valence-electron chi connectivity index (χ3n) is 3.73. The topological polar surface area (TPSA) is 59.8 Å². The van der Waals surface area contributed by atoms with Crippen LogP contribution in [0, 0.1) is 6.92 Å². The van der Waals surface area contributed by atoms with Gasteiger partial charge in [-0.25, -0.2) is 4.68 Å². The number of carbonyl (C=O) groups is 1. The smallest absolute Gasteiger partial charge is 0.347 e. The number of rotatable bonds is 4. The van der Waals surface area contributed by atoms with E-state index in [1.165, 1.54) is 23.0 Å². The quantitative estimate of drug-likeness (QED) is 0.774. The van der Waals surface area contributed by atoms with Crippen molar-refractivity contribution in [1.29, 1.82) is 0 Å². The molecule has 26 heavy (non-hydrogen) atoms. The van der Waals surface area contributed by atoms with Crippen molar-refractivity contribution >= 4 is 5.91 Å². The van der Waals surface area contributed by atoms with Gasteiger partial charge in [0, 0.05) is 6.54 Å². The Kier molecular flexibility index (Phi) is 4.75. The first-order valence-corrected chi connectivity index (χ1v) is 7.76. The van der Waals surface area contributed by atoms with Crippen LogP contribution in [0.2, 0.25) is 0 Å². The van der Waals surface area contributed by atoms with Crippen LogP contribution in [0.25, 0.3) is 5.69 Å². The predicted octanol–water partition coefficient (Wildman–Crippen LogP) is 3.52. The standard InChI is InChI=1S/C18H15F3N4O/c1-12-5-7-15(8-6-12)25-11-16(23-24-25)17(26)22-10-13-3-2-4-14(9-13)18(19,20)21/h2-9,11H,10H2,1H3,(H,22,26). The fraction of sp³-hybridized carbons (Fsp3) is 0.167. The molecule has 0 aliphatic rings. The molecule has 5 nitrogen and oxygen atoms in total. The molecule has 0 saturated heterocycles. The maximum atomic E-state index is 12.7. The maximum absolute atomic E-state index is 12.7. The van der Waals surface area contributed by atoms with Gasteiger partial charge in [-0.3, -0.25) is 4.79 Å². The Bertz CT molecular complexity index is 917. The van der Waals surface area contributed by atoms with Crippen LogP contribution >= 0.6 is 0 Å². The molecule has 1 N–H and O–H groups in total. The SMILES string of the molecule is Cc1ccc(-n2cc(C(=O)NCc3cccc(C(F)(F)F)c3)nn2)cc1. The van der Waals surface area contributed by atoms with Crippen LogP contribution in [0.3, 0.4) is 0 Å². The van der Waals surface area contributed by atoms with Crippen molar-refractivity contribution < 1.29 is 18.0 Å². The molecule has 0 aliphatic heterocycles. The Hall–Kier alpha value is -3.16. The summed E-state index contributed by atoms with van der Waals surface area (Å²) in [6.45, 7) is 1.91. The zero-order valence-corrected chi connectivity index (χ0v) is 13.8. The Morgan fingerprint density at radius 3 is 2.58 bits per heavy atom. The van der Waals surface area contributed by atoms with E-state index in [0.29, 0.717) is 5.56 Å². The maximum Gasteiger partial charge on any atom is 0.416 e. The van der Waals surface area contributed by atoms with E-state index in [2.05, 4.69) is 15.6 Å². The van der Waals surface area contributed by atoms with Gasteiger partial charge in [-0.1, -0.05) is 35.0 Å². The van der Waals surface area contributed by atoms with Crippen molar-refractivity contribution in [3.05, 3.63) is 77.1 Å². The van der Waals surface area contributed by atoms with E-state index in [9.17, 15) is 18.0 Å². The van der Waals surface area contributed by atoms with Crippen LogP contribution in [0.1, 0.15) is 27.2 Å². The molecule has 8 heteroatoms. The Morgan fingerprint density at radius 1 is 1.15 bits per heavy atom. The molecule has 0 bridgehead atoms. The van der Waals surface area contributed by atoms with Gasteiger partial charge < -0.3 is 5.32 Å². The second-order valence-electron chi connectivity index (χ2n) is 5.76. The van der Waals surface area contributed by atoms with Crippen LogP contribution in [0.4, 0.5) is 13.2 Å². The third kappa shape index (κ3) is 4.08. The summed E-state index contributed by atoms with van der Waals surface area (Å²) in [6.07, 6.45) is -2.96. The highest BCUT2D eigenvalue weighted by molar-refractivity contribution is 5.91. The van der Waals surface area contributed by atoms with E-state index in [4.69, 9.17) is 0 Å². The number of nitrogens with zero attached hydrogens (tertiary/aromatic N) is 3. The van der Waals surface area contributed by atoms with E-state index in [-0.39, 0.29) is 12.2 Å². The van der Waals surface area contributed by atoms with Crippen LogP contribution in [-0.4, -0.2) is 20.9 Å². The van der Waals surface area contributed by atoms with Crippen LogP contribution < -0.4 is 5.32 Å². The molecule has 3 rings (SSSR count). The lowest BCUT2D eigenvalue weighted by Gasteiger charge is -2.09. The van der Waals surface area contributed by atoms with Gasteiger partial charge in [0.05, 0.1) is 17.4 Å². The van der Waals surface area contributed by atoms with E-state index in [0.717, 1.165) is 23.4 Å². The molecule has 0 fully saturated rings. The first-order chi connectivity index (χ1) is 12.3. The number of hydrogen-bond donors (Lipinski definition) is 1. The van der Waals surface area contributed by atoms with Gasteiger partial charge in [0.1, 0.15) is 0 Å². The Morgan fingerprint density at radius 2 is 1.88 bits per heavy atom. The summed E-state index contributed by atoms with van der Waals surface area (Å²) in [5, 5.41) is 10.2. The average molecular weight is 360 g/mol. The highest BCUT2D eigenvalue weighted by Crippen LogP contribution is 2.29. The fourth-order valence-corrected chi connectivity index (χ4v) is 2.32. The van der Waals surface area contributed by atoms with Crippen LogP contribution in [0.15, 0.2) is 54.7 Å². The first-order valence-electron chi connectivity index (χ1n) is 7.76. The minimum absolute atomic E-state index is 0.0415. The van der Waals surface area contributed by atoms with E-state index in [1.807, 2.05) is 31.2 Å². The van der Waals surface area contributed by atoms with Gasteiger partial charge in [0.2, 0.25) is 0 Å². The van der Waals surface area contributed by atoms with Crippen molar-refractivity contribution in [2.45, 2.75) is 19.6 Å². The average Bonchev–Trinajstić information content (AvgIpc) is 3.10. The second kappa shape index (κ2) is 6.99. The summed E-state index contributed by atoms with van der Waals surface area (Å²) in [6, 6.07) is 12.3. The Labute approximate surface area is 147 Å². The van der Waals surface area contributed by atoms with Crippen molar-refractivity contribution in [3.8, 4) is 5.69 Å². The Balaban J connectivity index is 1.67. The molecular formula is C18H15F3N4O. The molecule has 3 aromatic rings. The molecule has 2 aromatic carbocycles. The molecule has 1 heterocycles. The first kappa shape index (κ1) is 17.7. The van der Waals surface area contributed by atoms with E-state index >= 15 is 0 Å². The van der Waals surface area contributed by atoms with Gasteiger partial charge in [0.25, 0.3) is 5.91 Å². The number of benzene rings is 2. The fourth-order valence-electron chi connectivity index (χ4n) is 2.32. The molecule has 0 saturated carbocycles.